The van der Waals surface area contributed by atoms with E-state index in [0.29, 0.717) is 32.0 Å². The van der Waals surface area contributed by atoms with Crippen LogP contribution in [0.1, 0.15) is 46.6 Å². The molecule has 1 aliphatic heterocycles. The highest BCUT2D eigenvalue weighted by atomic mass is 35.5. The summed E-state index contributed by atoms with van der Waals surface area (Å²) in [4.78, 5) is 33.3. The summed E-state index contributed by atoms with van der Waals surface area (Å²) >= 11 is 8.71. The third-order valence-electron chi connectivity index (χ3n) is 7.33. The van der Waals surface area contributed by atoms with Gasteiger partial charge in [0.2, 0.25) is 5.13 Å². The number of nitrogens with zero attached hydrogens (tertiary/aromatic N) is 5. The van der Waals surface area contributed by atoms with Crippen LogP contribution in [0.4, 0.5) is 5.13 Å². The lowest BCUT2D eigenvalue weighted by molar-refractivity contribution is -0.132. The van der Waals surface area contributed by atoms with Gasteiger partial charge in [-0.1, -0.05) is 84.1 Å². The predicted octanol–water partition coefficient (Wildman–Crippen LogP) is 6.94. The largest absolute Gasteiger partial charge is 0.505 e. The Hall–Kier alpha value is -3.99. The van der Waals surface area contributed by atoms with Gasteiger partial charge in [0.15, 0.2) is 10.1 Å². The first-order chi connectivity index (χ1) is 20.3. The Morgan fingerprint density at radius 1 is 1.02 bits per heavy atom. The van der Waals surface area contributed by atoms with Gasteiger partial charge in [-0.15, -0.1) is 10.2 Å². The molecule has 1 unspecified atom stereocenters. The third kappa shape index (κ3) is 4.99. The van der Waals surface area contributed by atoms with Crippen molar-refractivity contribution in [3.05, 3.63) is 111 Å². The molecule has 0 spiro atoms. The van der Waals surface area contributed by atoms with E-state index in [2.05, 4.69) is 22.1 Å². The highest BCUT2D eigenvalue weighted by molar-refractivity contribution is 8.00. The van der Waals surface area contributed by atoms with E-state index in [1.165, 1.54) is 28.0 Å². The van der Waals surface area contributed by atoms with Gasteiger partial charge in [0.05, 0.1) is 17.3 Å². The molecule has 42 heavy (non-hydrogen) atoms. The number of aliphatic hydroxyl groups is 1. The standard InChI is InChI=1S/C31H26ClN5O3S2/c1-4-19-7-11-21(12-8-19)25-23(26(38)24-18(3)36-15-5-6-17(2)28(36)33-24)27(39)29(40)37(25)30-34-35-31(42-30)41-16-20-9-13-22(32)14-10-20/h5-15,25,38H,4,16H2,1-3H3. The molecule has 1 saturated heterocycles. The molecule has 6 rings (SSSR count). The molecule has 1 atom stereocenters. The van der Waals surface area contributed by atoms with E-state index in [0.717, 1.165) is 23.1 Å². The number of halogens is 1. The van der Waals surface area contributed by atoms with Crippen LogP contribution in [-0.2, 0) is 21.8 Å². The molecular formula is C31H26ClN5O3S2. The minimum Gasteiger partial charge on any atom is -0.505 e. The van der Waals surface area contributed by atoms with Crippen LogP contribution in [0.3, 0.4) is 0 Å². The predicted molar refractivity (Wildman–Crippen MR) is 166 cm³/mol. The molecule has 0 aliphatic carbocycles. The Balaban J connectivity index is 1.43. The maximum Gasteiger partial charge on any atom is 0.301 e. The van der Waals surface area contributed by atoms with Gasteiger partial charge in [-0.2, -0.15) is 0 Å². The van der Waals surface area contributed by atoms with Crippen LogP contribution in [0, 0.1) is 13.8 Å². The molecule has 1 aliphatic rings. The second-order valence-electron chi connectivity index (χ2n) is 9.96. The lowest BCUT2D eigenvalue weighted by Crippen LogP contribution is -2.29. The van der Waals surface area contributed by atoms with E-state index in [1.54, 1.807) is 0 Å². The van der Waals surface area contributed by atoms with Crippen molar-refractivity contribution in [1.29, 1.82) is 0 Å². The molecule has 8 nitrogen and oxygen atoms in total. The van der Waals surface area contributed by atoms with E-state index in [-0.39, 0.29) is 22.2 Å². The molecule has 11 heteroatoms. The fraction of sp³-hybridized carbons (Fsp3) is 0.194. The minimum atomic E-state index is -0.900. The van der Waals surface area contributed by atoms with E-state index in [9.17, 15) is 14.7 Å². The molecule has 212 valence electrons. The molecule has 4 heterocycles. The number of aryl methyl sites for hydroxylation is 3. The van der Waals surface area contributed by atoms with Gasteiger partial charge >= 0.3 is 5.91 Å². The second-order valence-corrected chi connectivity index (χ2v) is 12.6. The molecule has 3 aromatic heterocycles. The van der Waals surface area contributed by atoms with Crippen LogP contribution in [0.2, 0.25) is 5.02 Å². The van der Waals surface area contributed by atoms with Gasteiger partial charge in [-0.25, -0.2) is 4.98 Å². The fourth-order valence-electron chi connectivity index (χ4n) is 5.04. The number of carbonyl (C=O) groups excluding carboxylic acids is 2. The quantitative estimate of drug-likeness (QED) is 0.0696. The van der Waals surface area contributed by atoms with Gasteiger partial charge in [0.1, 0.15) is 11.3 Å². The van der Waals surface area contributed by atoms with Crippen LogP contribution in [0.5, 0.6) is 0 Å². The monoisotopic (exact) mass is 615 g/mol. The summed E-state index contributed by atoms with van der Waals surface area (Å²) in [5.41, 5.74) is 5.33. The van der Waals surface area contributed by atoms with Crippen LogP contribution < -0.4 is 4.90 Å². The minimum absolute atomic E-state index is 0.0287. The highest BCUT2D eigenvalue weighted by Gasteiger charge is 2.48. The van der Waals surface area contributed by atoms with Gasteiger partial charge in [0.25, 0.3) is 5.78 Å². The number of hydrogen-bond acceptors (Lipinski definition) is 8. The first kappa shape index (κ1) is 28.1. The molecule has 1 N–H and O–H groups in total. The first-order valence-corrected chi connectivity index (χ1v) is 15.5. The number of imidazole rings is 1. The zero-order chi connectivity index (χ0) is 29.5. The summed E-state index contributed by atoms with van der Waals surface area (Å²) < 4.78 is 2.51. The Morgan fingerprint density at radius 2 is 1.74 bits per heavy atom. The van der Waals surface area contributed by atoms with Gasteiger partial charge in [-0.05, 0) is 60.7 Å². The number of ketones is 1. The maximum atomic E-state index is 13.6. The molecule has 0 bridgehead atoms. The molecule has 0 radical (unpaired) electrons. The van der Waals surface area contributed by atoms with Crippen molar-refractivity contribution in [2.45, 2.75) is 43.3 Å². The molecular weight excluding hydrogens is 590 g/mol. The normalized spacial score (nSPS) is 16.6. The van der Waals surface area contributed by atoms with Crippen molar-refractivity contribution >= 4 is 62.9 Å². The summed E-state index contributed by atoms with van der Waals surface area (Å²) in [7, 11) is 0. The van der Waals surface area contributed by atoms with Crippen molar-refractivity contribution in [2.24, 2.45) is 0 Å². The Bertz CT molecular complexity index is 1860. The number of aliphatic hydroxyl groups excluding tert-OH is 1. The van der Waals surface area contributed by atoms with Crippen molar-refractivity contribution < 1.29 is 14.7 Å². The summed E-state index contributed by atoms with van der Waals surface area (Å²) in [6.45, 7) is 5.81. The molecule has 5 aromatic rings. The Kier molecular flexibility index (Phi) is 7.61. The van der Waals surface area contributed by atoms with E-state index >= 15 is 0 Å². The first-order valence-electron chi connectivity index (χ1n) is 13.3. The number of Topliss-reactive ketones (excluding diaryl/α,β-unsaturated/α-hetero) is 1. The summed E-state index contributed by atoms with van der Waals surface area (Å²) in [5, 5.41) is 21.2. The van der Waals surface area contributed by atoms with E-state index in [1.807, 2.05) is 85.1 Å². The van der Waals surface area contributed by atoms with Gasteiger partial charge in [-0.3, -0.25) is 14.5 Å². The van der Waals surface area contributed by atoms with Crippen LogP contribution in [-0.4, -0.2) is 36.4 Å². The lowest BCUT2D eigenvalue weighted by Gasteiger charge is -2.22. The number of rotatable bonds is 7. The summed E-state index contributed by atoms with van der Waals surface area (Å²) in [6.07, 6.45) is 2.69. The summed E-state index contributed by atoms with van der Waals surface area (Å²) in [5.74, 6) is -1.25. The number of pyridine rings is 1. The number of anilines is 1. The van der Waals surface area contributed by atoms with Crippen molar-refractivity contribution in [3.63, 3.8) is 0 Å². The number of benzene rings is 2. The molecule has 1 fully saturated rings. The molecule has 2 aromatic carbocycles. The van der Waals surface area contributed by atoms with Crippen molar-refractivity contribution in [1.82, 2.24) is 19.6 Å². The average Bonchev–Trinajstić information content (AvgIpc) is 3.68. The summed E-state index contributed by atoms with van der Waals surface area (Å²) in [6, 6.07) is 18.2. The van der Waals surface area contributed by atoms with Gasteiger partial charge in [0, 0.05) is 17.0 Å². The van der Waals surface area contributed by atoms with Crippen LogP contribution in [0.15, 0.2) is 76.8 Å². The second kappa shape index (κ2) is 11.4. The number of fused-ring (bicyclic) bond motifs is 1. The maximum absolute atomic E-state index is 13.6. The topological polar surface area (TPSA) is 101 Å². The zero-order valence-electron chi connectivity index (χ0n) is 23.0. The zero-order valence-corrected chi connectivity index (χ0v) is 25.4. The Morgan fingerprint density at radius 3 is 2.43 bits per heavy atom. The third-order valence-corrected chi connectivity index (χ3v) is 9.71. The average molecular weight is 616 g/mol. The highest BCUT2D eigenvalue weighted by Crippen LogP contribution is 2.44. The number of aromatic nitrogens is 4. The Labute approximate surface area is 255 Å². The number of hydrogen-bond donors (Lipinski definition) is 1. The lowest BCUT2D eigenvalue weighted by atomic mass is 9.95. The number of thioether (sulfide) groups is 1. The van der Waals surface area contributed by atoms with Crippen LogP contribution >= 0.6 is 34.7 Å². The smallest absolute Gasteiger partial charge is 0.301 e. The van der Waals surface area contributed by atoms with E-state index in [4.69, 9.17) is 11.6 Å². The van der Waals surface area contributed by atoms with Crippen LogP contribution in [0.25, 0.3) is 11.4 Å². The van der Waals surface area contributed by atoms with Crippen molar-refractivity contribution in [3.8, 4) is 0 Å². The number of amides is 1. The fourth-order valence-corrected chi connectivity index (χ4v) is 6.99. The SMILES string of the molecule is CCc1ccc(C2C(=C(O)c3nc4c(C)cccn4c3C)C(=O)C(=O)N2c2nnc(SCc3ccc(Cl)cc3)s2)cc1. The van der Waals surface area contributed by atoms with Gasteiger partial charge < -0.3 is 9.51 Å². The molecule has 0 saturated carbocycles. The number of carbonyl (C=O) groups is 2. The van der Waals surface area contributed by atoms with Crippen molar-refractivity contribution in [2.75, 3.05) is 4.90 Å². The van der Waals surface area contributed by atoms with E-state index < -0.39 is 17.7 Å². The molecule has 1 amide bonds.